The number of ether oxygens (including phenoxy) is 2. The summed E-state index contributed by atoms with van der Waals surface area (Å²) in [5.74, 6) is -0.362. The molecule has 25 heavy (non-hydrogen) atoms. The molecule has 0 aromatic heterocycles. The van der Waals surface area contributed by atoms with Crippen molar-refractivity contribution in [3.63, 3.8) is 0 Å². The number of hydrogen-bond donors (Lipinski definition) is 1. The molecule has 0 saturated carbocycles. The lowest BCUT2D eigenvalue weighted by atomic mass is 10.1. The number of amides is 1. The minimum absolute atomic E-state index is 0.235. The van der Waals surface area contributed by atoms with Gasteiger partial charge in [0.05, 0.1) is 0 Å². The Morgan fingerprint density at radius 2 is 1.76 bits per heavy atom. The van der Waals surface area contributed by atoms with Crippen LogP contribution >= 0.6 is 0 Å². The second kappa shape index (κ2) is 8.87. The molecular formula is C20H23NO4. The number of benzene rings is 2. The molecule has 0 aliphatic carbocycles. The first-order valence-electron chi connectivity index (χ1n) is 8.23. The van der Waals surface area contributed by atoms with E-state index in [0.717, 1.165) is 28.8 Å². The van der Waals surface area contributed by atoms with E-state index in [2.05, 4.69) is 5.32 Å². The number of esters is 1. The summed E-state index contributed by atoms with van der Waals surface area (Å²) in [5.41, 5.74) is 4.00. The molecule has 0 unspecified atom stereocenters. The Morgan fingerprint density at radius 3 is 2.48 bits per heavy atom. The quantitative estimate of drug-likeness (QED) is 0.784. The lowest BCUT2D eigenvalue weighted by Crippen LogP contribution is -2.24. The summed E-state index contributed by atoms with van der Waals surface area (Å²) in [6.45, 7) is 5.41. The van der Waals surface area contributed by atoms with Crippen LogP contribution < -0.4 is 10.1 Å². The van der Waals surface area contributed by atoms with Gasteiger partial charge in [-0.25, -0.2) is 4.79 Å². The van der Waals surface area contributed by atoms with Gasteiger partial charge in [0.2, 0.25) is 0 Å². The Hall–Kier alpha value is -2.82. The van der Waals surface area contributed by atoms with Crippen LogP contribution in [0.1, 0.15) is 23.6 Å². The van der Waals surface area contributed by atoms with Crippen molar-refractivity contribution in [2.24, 2.45) is 0 Å². The molecule has 0 saturated heterocycles. The van der Waals surface area contributed by atoms with E-state index in [1.54, 1.807) is 6.07 Å². The predicted molar refractivity (Wildman–Crippen MR) is 96.8 cm³/mol. The normalized spacial score (nSPS) is 10.2. The smallest absolute Gasteiger partial charge is 0.344 e. The van der Waals surface area contributed by atoms with Crippen molar-refractivity contribution in [3.05, 3.63) is 59.2 Å². The molecule has 0 radical (unpaired) electrons. The van der Waals surface area contributed by atoms with E-state index in [1.807, 2.05) is 57.2 Å². The number of carbonyl (C=O) groups excluding carboxylic acids is 2. The Labute approximate surface area is 148 Å². The SMILES string of the molecule is CCc1ccccc1NC(=O)COC(=O)COc1ccc(C)c(C)c1. The lowest BCUT2D eigenvalue weighted by molar-refractivity contribution is -0.149. The third kappa shape index (κ3) is 5.64. The third-order valence-electron chi connectivity index (χ3n) is 3.87. The number of para-hydroxylation sites is 1. The van der Waals surface area contributed by atoms with Crippen molar-refractivity contribution in [1.29, 1.82) is 0 Å². The molecular weight excluding hydrogens is 318 g/mol. The van der Waals surface area contributed by atoms with Crippen LogP contribution in [-0.4, -0.2) is 25.1 Å². The van der Waals surface area contributed by atoms with Gasteiger partial charge >= 0.3 is 5.97 Å². The molecule has 5 heteroatoms. The topological polar surface area (TPSA) is 64.6 Å². The Morgan fingerprint density at radius 1 is 1.00 bits per heavy atom. The fraction of sp³-hybridized carbons (Fsp3) is 0.300. The van der Waals surface area contributed by atoms with Crippen molar-refractivity contribution in [2.45, 2.75) is 27.2 Å². The van der Waals surface area contributed by atoms with Gasteiger partial charge in [-0.15, -0.1) is 0 Å². The summed E-state index contributed by atoms with van der Waals surface area (Å²) in [4.78, 5) is 23.6. The molecule has 5 nitrogen and oxygen atoms in total. The van der Waals surface area contributed by atoms with Crippen LogP contribution in [0.5, 0.6) is 5.75 Å². The van der Waals surface area contributed by atoms with Crippen LogP contribution in [0, 0.1) is 13.8 Å². The van der Waals surface area contributed by atoms with Crippen molar-refractivity contribution >= 4 is 17.6 Å². The molecule has 2 rings (SSSR count). The molecule has 0 atom stereocenters. The van der Waals surface area contributed by atoms with E-state index in [-0.39, 0.29) is 19.1 Å². The van der Waals surface area contributed by atoms with Crippen LogP contribution in [0.25, 0.3) is 0 Å². The van der Waals surface area contributed by atoms with Crippen molar-refractivity contribution < 1.29 is 19.1 Å². The number of anilines is 1. The molecule has 0 fully saturated rings. The monoisotopic (exact) mass is 341 g/mol. The molecule has 1 N–H and O–H groups in total. The average molecular weight is 341 g/mol. The number of carbonyl (C=O) groups is 2. The molecule has 0 aliphatic heterocycles. The van der Waals surface area contributed by atoms with Gasteiger partial charge in [-0.05, 0) is 55.2 Å². The number of aryl methyl sites for hydroxylation is 3. The maximum absolute atomic E-state index is 11.9. The third-order valence-corrected chi connectivity index (χ3v) is 3.87. The number of hydrogen-bond acceptors (Lipinski definition) is 4. The molecule has 1 amide bonds. The highest BCUT2D eigenvalue weighted by Crippen LogP contribution is 2.17. The van der Waals surface area contributed by atoms with Gasteiger partial charge in [-0.2, -0.15) is 0 Å². The van der Waals surface area contributed by atoms with E-state index in [4.69, 9.17) is 9.47 Å². The van der Waals surface area contributed by atoms with E-state index in [9.17, 15) is 9.59 Å². The number of rotatable bonds is 7. The second-order valence-corrected chi connectivity index (χ2v) is 5.75. The van der Waals surface area contributed by atoms with Crippen molar-refractivity contribution in [3.8, 4) is 5.75 Å². The van der Waals surface area contributed by atoms with Gasteiger partial charge in [0.1, 0.15) is 5.75 Å². The van der Waals surface area contributed by atoms with Crippen LogP contribution in [0.15, 0.2) is 42.5 Å². The van der Waals surface area contributed by atoms with E-state index in [0.29, 0.717) is 5.75 Å². The summed E-state index contributed by atoms with van der Waals surface area (Å²) < 4.78 is 10.3. The average Bonchev–Trinajstić information content (AvgIpc) is 2.61. The maximum atomic E-state index is 11.9. The Bertz CT molecular complexity index is 755. The minimum atomic E-state index is -0.586. The largest absolute Gasteiger partial charge is 0.482 e. The molecule has 0 bridgehead atoms. The van der Waals surface area contributed by atoms with E-state index in [1.165, 1.54) is 0 Å². The summed E-state index contributed by atoms with van der Waals surface area (Å²) in [5, 5.41) is 2.75. The van der Waals surface area contributed by atoms with Crippen molar-refractivity contribution in [2.75, 3.05) is 18.5 Å². The van der Waals surface area contributed by atoms with Crippen LogP contribution in [0.2, 0.25) is 0 Å². The Balaban J connectivity index is 1.77. The zero-order valence-electron chi connectivity index (χ0n) is 14.8. The standard InChI is InChI=1S/C20H23NO4/c1-4-16-7-5-6-8-18(16)21-19(22)12-25-20(23)13-24-17-10-9-14(2)15(3)11-17/h5-11H,4,12-13H2,1-3H3,(H,21,22). The fourth-order valence-electron chi connectivity index (χ4n) is 2.27. The zero-order chi connectivity index (χ0) is 18.2. The molecule has 132 valence electrons. The highest BCUT2D eigenvalue weighted by Gasteiger charge is 2.10. The van der Waals surface area contributed by atoms with E-state index < -0.39 is 5.97 Å². The fourth-order valence-corrected chi connectivity index (χ4v) is 2.27. The predicted octanol–water partition coefficient (Wildman–Crippen LogP) is 3.43. The van der Waals surface area contributed by atoms with Crippen LogP contribution in [0.4, 0.5) is 5.69 Å². The van der Waals surface area contributed by atoms with E-state index >= 15 is 0 Å². The molecule has 0 heterocycles. The first-order valence-corrected chi connectivity index (χ1v) is 8.23. The van der Waals surface area contributed by atoms with Gasteiger partial charge in [0, 0.05) is 5.69 Å². The molecule has 2 aromatic carbocycles. The summed E-state index contributed by atoms with van der Waals surface area (Å²) >= 11 is 0. The van der Waals surface area contributed by atoms with Gasteiger partial charge in [0.25, 0.3) is 5.91 Å². The van der Waals surface area contributed by atoms with Gasteiger partial charge in [-0.1, -0.05) is 31.2 Å². The molecule has 0 aliphatic rings. The van der Waals surface area contributed by atoms with Gasteiger partial charge in [0.15, 0.2) is 13.2 Å². The lowest BCUT2D eigenvalue weighted by Gasteiger charge is -2.11. The second-order valence-electron chi connectivity index (χ2n) is 5.75. The summed E-state index contributed by atoms with van der Waals surface area (Å²) in [6.07, 6.45) is 0.806. The Kier molecular flexibility index (Phi) is 6.57. The van der Waals surface area contributed by atoms with Gasteiger partial charge in [-0.3, -0.25) is 4.79 Å². The number of nitrogens with one attached hydrogen (secondary N) is 1. The summed E-state index contributed by atoms with van der Waals surface area (Å²) in [6, 6.07) is 13.1. The highest BCUT2D eigenvalue weighted by atomic mass is 16.6. The van der Waals surface area contributed by atoms with Crippen LogP contribution in [-0.2, 0) is 20.7 Å². The van der Waals surface area contributed by atoms with Crippen LogP contribution in [0.3, 0.4) is 0 Å². The highest BCUT2D eigenvalue weighted by molar-refractivity contribution is 5.93. The van der Waals surface area contributed by atoms with Crippen molar-refractivity contribution in [1.82, 2.24) is 0 Å². The molecule has 2 aromatic rings. The minimum Gasteiger partial charge on any atom is -0.482 e. The summed E-state index contributed by atoms with van der Waals surface area (Å²) in [7, 11) is 0. The maximum Gasteiger partial charge on any atom is 0.344 e. The first-order chi connectivity index (χ1) is 12.0. The van der Waals surface area contributed by atoms with Gasteiger partial charge < -0.3 is 14.8 Å². The first kappa shape index (κ1) is 18.5. The zero-order valence-corrected chi connectivity index (χ0v) is 14.8. The molecule has 0 spiro atoms.